The molecule has 4 heteroatoms. The third kappa shape index (κ3) is 4.30. The van der Waals surface area contributed by atoms with E-state index in [9.17, 15) is 9.59 Å². The lowest BCUT2D eigenvalue weighted by Crippen LogP contribution is -2.54. The highest BCUT2D eigenvalue weighted by atomic mass is 16.2. The first-order valence-corrected chi connectivity index (χ1v) is 14.7. The molecule has 3 aliphatic carbocycles. The summed E-state index contributed by atoms with van der Waals surface area (Å²) in [6, 6.07) is 19.1. The Morgan fingerprint density at radius 1 is 1.00 bits per heavy atom. The minimum atomic E-state index is -0.0321. The predicted octanol–water partition coefficient (Wildman–Crippen LogP) is 6.66. The molecule has 1 heterocycles. The standard InChI is InChI=1S/C34H42N2O2/c1-22-9-11-23(12-10-22)21-29(24-7-5-4-6-8-24)35-32(38)28-15-14-26-25-13-16-30-34(3,20-18-31(37)36-30)27(25)17-19-33(26,28)2/h4-12,16,25-29H,13-15,17-21H2,1-3H3,(H,35,38)(H,36,37)/t25-,26-,27+,28?,29-,33-,34+/m0/s1. The second-order valence-electron chi connectivity index (χ2n) is 13.0. The lowest BCUT2D eigenvalue weighted by molar-refractivity contribution is -0.133. The Morgan fingerprint density at radius 2 is 1.76 bits per heavy atom. The number of aryl methyl sites for hydroxylation is 1. The predicted molar refractivity (Wildman–Crippen MR) is 151 cm³/mol. The van der Waals surface area contributed by atoms with Crippen LogP contribution in [-0.4, -0.2) is 11.8 Å². The third-order valence-electron chi connectivity index (χ3n) is 11.0. The van der Waals surface area contributed by atoms with Crippen molar-refractivity contribution in [1.82, 2.24) is 10.6 Å². The second kappa shape index (κ2) is 9.70. The maximum absolute atomic E-state index is 14.1. The van der Waals surface area contributed by atoms with Crippen LogP contribution in [0.15, 0.2) is 66.4 Å². The molecule has 0 bridgehead atoms. The molecule has 2 amide bonds. The summed E-state index contributed by atoms with van der Waals surface area (Å²) >= 11 is 0. The molecule has 2 aromatic carbocycles. The van der Waals surface area contributed by atoms with Crippen molar-refractivity contribution in [2.45, 2.75) is 78.2 Å². The summed E-state index contributed by atoms with van der Waals surface area (Å²) in [5, 5.41) is 6.73. The van der Waals surface area contributed by atoms with E-state index in [1.54, 1.807) is 0 Å². The molecule has 1 unspecified atom stereocenters. The number of carbonyl (C=O) groups is 2. The number of hydrogen-bond donors (Lipinski definition) is 2. The molecule has 38 heavy (non-hydrogen) atoms. The highest BCUT2D eigenvalue weighted by molar-refractivity contribution is 5.81. The minimum Gasteiger partial charge on any atom is -0.349 e. The van der Waals surface area contributed by atoms with Gasteiger partial charge in [0.05, 0.1) is 6.04 Å². The zero-order valence-electron chi connectivity index (χ0n) is 23.1. The highest BCUT2D eigenvalue weighted by Gasteiger charge is 2.60. The Bertz CT molecular complexity index is 1230. The van der Waals surface area contributed by atoms with Gasteiger partial charge in [-0.2, -0.15) is 0 Å². The molecule has 4 aliphatic rings. The number of carbonyl (C=O) groups excluding carboxylic acids is 2. The van der Waals surface area contributed by atoms with E-state index in [1.807, 2.05) is 6.07 Å². The minimum absolute atomic E-state index is 0.0321. The smallest absolute Gasteiger partial charge is 0.224 e. The number of nitrogens with one attached hydrogen (secondary N) is 2. The van der Waals surface area contributed by atoms with Crippen LogP contribution in [0.1, 0.15) is 81.5 Å². The fraction of sp³-hybridized carbons (Fsp3) is 0.529. The molecule has 1 aliphatic heterocycles. The summed E-state index contributed by atoms with van der Waals surface area (Å²) in [6.45, 7) is 6.90. The Morgan fingerprint density at radius 3 is 2.53 bits per heavy atom. The summed E-state index contributed by atoms with van der Waals surface area (Å²) in [5.41, 5.74) is 4.96. The average Bonchev–Trinajstić information content (AvgIpc) is 3.28. The van der Waals surface area contributed by atoms with E-state index >= 15 is 0 Å². The molecule has 2 aromatic rings. The number of rotatable bonds is 5. The fourth-order valence-corrected chi connectivity index (χ4v) is 8.79. The first-order valence-electron chi connectivity index (χ1n) is 14.7. The van der Waals surface area contributed by atoms with Gasteiger partial charge in [-0.15, -0.1) is 0 Å². The van der Waals surface area contributed by atoms with Gasteiger partial charge in [-0.25, -0.2) is 0 Å². The average molecular weight is 511 g/mol. The lowest BCUT2D eigenvalue weighted by Gasteiger charge is -2.57. The van der Waals surface area contributed by atoms with Crippen LogP contribution in [0.4, 0.5) is 0 Å². The molecule has 7 atom stereocenters. The molecule has 3 fully saturated rings. The van der Waals surface area contributed by atoms with Crippen LogP contribution in [0, 0.1) is 41.4 Å². The van der Waals surface area contributed by atoms with Gasteiger partial charge in [0.25, 0.3) is 0 Å². The SMILES string of the molecule is Cc1ccc(C[C@H](NC(=O)C2CC[C@H]3[C@@H]4CC=C5NC(=O)CC[C@]5(C)[C@@H]4CC[C@]23C)c2ccccc2)cc1. The van der Waals surface area contributed by atoms with Crippen molar-refractivity contribution in [3.05, 3.63) is 83.1 Å². The van der Waals surface area contributed by atoms with E-state index in [-0.39, 0.29) is 34.6 Å². The number of allylic oxidation sites excluding steroid dienone is 2. The summed E-state index contributed by atoms with van der Waals surface area (Å²) in [7, 11) is 0. The molecule has 200 valence electrons. The quantitative estimate of drug-likeness (QED) is 0.473. The van der Waals surface area contributed by atoms with Crippen molar-refractivity contribution in [1.29, 1.82) is 0 Å². The van der Waals surface area contributed by atoms with Gasteiger partial charge >= 0.3 is 0 Å². The van der Waals surface area contributed by atoms with Gasteiger partial charge in [0, 0.05) is 23.5 Å². The van der Waals surface area contributed by atoms with Crippen LogP contribution in [0.3, 0.4) is 0 Å². The van der Waals surface area contributed by atoms with Crippen LogP contribution in [0.2, 0.25) is 0 Å². The van der Waals surface area contributed by atoms with Crippen LogP contribution in [-0.2, 0) is 16.0 Å². The lowest BCUT2D eigenvalue weighted by atomic mass is 9.49. The van der Waals surface area contributed by atoms with Gasteiger partial charge in [0.1, 0.15) is 0 Å². The van der Waals surface area contributed by atoms with Crippen molar-refractivity contribution in [2.24, 2.45) is 34.5 Å². The van der Waals surface area contributed by atoms with Crippen molar-refractivity contribution >= 4 is 11.8 Å². The van der Waals surface area contributed by atoms with Crippen LogP contribution in [0.25, 0.3) is 0 Å². The van der Waals surface area contributed by atoms with Gasteiger partial charge in [0.2, 0.25) is 11.8 Å². The number of amides is 2. The van der Waals surface area contributed by atoms with E-state index in [2.05, 4.69) is 86.0 Å². The van der Waals surface area contributed by atoms with E-state index < -0.39 is 0 Å². The maximum atomic E-state index is 14.1. The zero-order valence-corrected chi connectivity index (χ0v) is 23.1. The highest BCUT2D eigenvalue weighted by Crippen LogP contribution is 2.65. The first-order chi connectivity index (χ1) is 18.3. The van der Waals surface area contributed by atoms with Crippen LogP contribution in [0.5, 0.6) is 0 Å². The molecule has 0 radical (unpaired) electrons. The van der Waals surface area contributed by atoms with Crippen molar-refractivity contribution in [3.63, 3.8) is 0 Å². The number of piperidine rings is 1. The summed E-state index contributed by atoms with van der Waals surface area (Å²) in [6.07, 6.45) is 10.1. The largest absolute Gasteiger partial charge is 0.349 e. The van der Waals surface area contributed by atoms with E-state index in [1.165, 1.54) is 22.4 Å². The normalized spacial score (nSPS) is 34.7. The van der Waals surface area contributed by atoms with Crippen molar-refractivity contribution < 1.29 is 9.59 Å². The number of benzene rings is 2. The van der Waals surface area contributed by atoms with Crippen molar-refractivity contribution in [3.8, 4) is 0 Å². The van der Waals surface area contributed by atoms with Crippen molar-refractivity contribution in [2.75, 3.05) is 0 Å². The zero-order chi connectivity index (χ0) is 26.5. The number of fused-ring (bicyclic) bond motifs is 5. The molecular weight excluding hydrogens is 468 g/mol. The van der Waals surface area contributed by atoms with Crippen LogP contribution < -0.4 is 10.6 Å². The molecular formula is C34H42N2O2. The molecule has 0 spiro atoms. The Labute approximate surface area is 227 Å². The monoisotopic (exact) mass is 510 g/mol. The van der Waals surface area contributed by atoms with Crippen LogP contribution >= 0.6 is 0 Å². The first kappa shape index (κ1) is 25.4. The molecule has 6 rings (SSSR count). The van der Waals surface area contributed by atoms with Gasteiger partial charge in [-0.05, 0) is 86.2 Å². The third-order valence-corrected chi connectivity index (χ3v) is 11.0. The molecule has 2 N–H and O–H groups in total. The second-order valence-corrected chi connectivity index (χ2v) is 13.0. The summed E-state index contributed by atoms with van der Waals surface area (Å²) < 4.78 is 0. The molecule has 2 saturated carbocycles. The Balaban J connectivity index is 1.22. The van der Waals surface area contributed by atoms with Gasteiger partial charge in [-0.1, -0.05) is 80.1 Å². The summed E-state index contributed by atoms with van der Waals surface area (Å²) in [5.74, 6) is 2.23. The van der Waals surface area contributed by atoms with E-state index in [0.29, 0.717) is 24.2 Å². The molecule has 4 nitrogen and oxygen atoms in total. The fourth-order valence-electron chi connectivity index (χ4n) is 8.79. The van der Waals surface area contributed by atoms with Gasteiger partial charge < -0.3 is 10.6 Å². The van der Waals surface area contributed by atoms with Gasteiger partial charge in [0.15, 0.2) is 0 Å². The number of hydrogen-bond acceptors (Lipinski definition) is 2. The maximum Gasteiger partial charge on any atom is 0.224 e. The summed E-state index contributed by atoms with van der Waals surface area (Å²) in [4.78, 5) is 26.1. The van der Waals surface area contributed by atoms with E-state index in [4.69, 9.17) is 0 Å². The molecule has 1 saturated heterocycles. The molecule has 0 aromatic heterocycles. The topological polar surface area (TPSA) is 58.2 Å². The van der Waals surface area contributed by atoms with E-state index in [0.717, 1.165) is 44.9 Å². The Hall–Kier alpha value is -2.88. The van der Waals surface area contributed by atoms with Gasteiger partial charge in [-0.3, -0.25) is 9.59 Å². The Kier molecular flexibility index (Phi) is 6.48.